The molecule has 1 heterocycles. The first-order valence-corrected chi connectivity index (χ1v) is 4.85. The highest BCUT2D eigenvalue weighted by atomic mass is 16.5. The lowest BCUT2D eigenvalue weighted by atomic mass is 9.89. The molecule has 0 saturated heterocycles. The van der Waals surface area contributed by atoms with Gasteiger partial charge in [0.05, 0.1) is 12.0 Å². The number of fused-ring (bicyclic) bond motifs is 1. The van der Waals surface area contributed by atoms with Crippen LogP contribution in [0.4, 0.5) is 0 Å². The van der Waals surface area contributed by atoms with Crippen molar-refractivity contribution in [2.45, 2.75) is 25.9 Å². The molecule has 0 amide bonds. The van der Waals surface area contributed by atoms with Gasteiger partial charge in [-0.25, -0.2) is 0 Å². The van der Waals surface area contributed by atoms with Crippen molar-refractivity contribution in [3.05, 3.63) is 29.8 Å². The molecule has 1 aromatic carbocycles. The lowest BCUT2D eigenvalue weighted by Gasteiger charge is -2.32. The molecule has 0 bridgehead atoms. The van der Waals surface area contributed by atoms with E-state index in [0.29, 0.717) is 11.3 Å². The van der Waals surface area contributed by atoms with E-state index in [1.165, 1.54) is 6.92 Å². The van der Waals surface area contributed by atoms with Crippen LogP contribution in [0.25, 0.3) is 0 Å². The highest BCUT2D eigenvalue weighted by Crippen LogP contribution is 2.33. The zero-order valence-electron chi connectivity index (χ0n) is 8.74. The summed E-state index contributed by atoms with van der Waals surface area (Å²) in [6.45, 7) is 3.10. The van der Waals surface area contributed by atoms with E-state index < -0.39 is 5.60 Å². The first-order valence-electron chi connectivity index (χ1n) is 4.85. The van der Waals surface area contributed by atoms with E-state index in [0.717, 1.165) is 0 Å². The molecular weight excluding hydrogens is 192 g/mol. The van der Waals surface area contributed by atoms with Crippen molar-refractivity contribution in [3.63, 3.8) is 0 Å². The van der Waals surface area contributed by atoms with Crippen LogP contribution < -0.4 is 4.74 Å². The second-order valence-electron chi connectivity index (χ2n) is 3.99. The number of para-hydroxylation sites is 1. The van der Waals surface area contributed by atoms with Crippen molar-refractivity contribution < 1.29 is 14.3 Å². The van der Waals surface area contributed by atoms with E-state index in [-0.39, 0.29) is 18.0 Å². The number of carbonyl (C=O) groups excluding carboxylic acids is 2. The molecule has 0 spiro atoms. The molecule has 1 aliphatic rings. The van der Waals surface area contributed by atoms with E-state index in [1.54, 1.807) is 31.2 Å². The average Bonchev–Trinajstić information content (AvgIpc) is 2.17. The van der Waals surface area contributed by atoms with Gasteiger partial charge in [-0.15, -0.1) is 0 Å². The third-order valence-corrected chi connectivity index (χ3v) is 2.77. The third-order valence-electron chi connectivity index (χ3n) is 2.77. The van der Waals surface area contributed by atoms with Crippen LogP contribution >= 0.6 is 0 Å². The first kappa shape index (κ1) is 9.90. The molecule has 15 heavy (non-hydrogen) atoms. The average molecular weight is 204 g/mol. The maximum Gasteiger partial charge on any atom is 0.173 e. The molecule has 3 nitrogen and oxygen atoms in total. The fourth-order valence-corrected chi connectivity index (χ4v) is 1.66. The lowest BCUT2D eigenvalue weighted by Crippen LogP contribution is -2.45. The minimum atomic E-state index is -0.995. The predicted molar refractivity (Wildman–Crippen MR) is 55.1 cm³/mol. The Labute approximate surface area is 88.1 Å². The minimum absolute atomic E-state index is 0.0328. The number of carbonyl (C=O) groups is 2. The van der Waals surface area contributed by atoms with Crippen molar-refractivity contribution in [3.8, 4) is 5.75 Å². The fourth-order valence-electron chi connectivity index (χ4n) is 1.66. The third kappa shape index (κ3) is 1.54. The fraction of sp³-hybridized carbons (Fsp3) is 0.333. The number of Topliss-reactive ketones (excluding diaryl/α,β-unsaturated/α-hetero) is 2. The van der Waals surface area contributed by atoms with E-state index in [1.807, 2.05) is 0 Å². The number of hydrogen-bond donors (Lipinski definition) is 0. The van der Waals surface area contributed by atoms with Gasteiger partial charge in [0.2, 0.25) is 0 Å². The normalized spacial score (nSPS) is 24.3. The van der Waals surface area contributed by atoms with Crippen LogP contribution in [0.2, 0.25) is 0 Å². The molecule has 1 aromatic rings. The SMILES string of the molecule is CC(=O)C1(C)CC(=O)c2ccccc2O1. The smallest absolute Gasteiger partial charge is 0.173 e. The van der Waals surface area contributed by atoms with Crippen LogP contribution in [0.5, 0.6) is 5.75 Å². The molecule has 3 heteroatoms. The Bertz CT molecular complexity index is 436. The molecule has 1 unspecified atom stereocenters. The molecule has 1 aliphatic heterocycles. The van der Waals surface area contributed by atoms with Gasteiger partial charge in [-0.05, 0) is 26.0 Å². The van der Waals surface area contributed by atoms with E-state index >= 15 is 0 Å². The number of ether oxygens (including phenoxy) is 1. The molecule has 78 valence electrons. The van der Waals surface area contributed by atoms with E-state index in [4.69, 9.17) is 4.74 Å². The van der Waals surface area contributed by atoms with Crippen molar-refractivity contribution in [1.82, 2.24) is 0 Å². The van der Waals surface area contributed by atoms with Gasteiger partial charge >= 0.3 is 0 Å². The predicted octanol–water partition coefficient (Wildman–Crippen LogP) is 2.00. The molecule has 0 radical (unpaired) electrons. The summed E-state index contributed by atoms with van der Waals surface area (Å²) < 4.78 is 5.58. The monoisotopic (exact) mass is 204 g/mol. The Morgan fingerprint density at radius 1 is 1.40 bits per heavy atom. The number of ketones is 2. The van der Waals surface area contributed by atoms with Crippen LogP contribution in [-0.2, 0) is 4.79 Å². The molecule has 2 rings (SSSR count). The van der Waals surface area contributed by atoms with Crippen molar-refractivity contribution in [2.75, 3.05) is 0 Å². The first-order chi connectivity index (χ1) is 7.03. The van der Waals surface area contributed by atoms with Crippen LogP contribution in [-0.4, -0.2) is 17.2 Å². The van der Waals surface area contributed by atoms with Gasteiger partial charge in [-0.1, -0.05) is 12.1 Å². The highest BCUT2D eigenvalue weighted by Gasteiger charge is 2.40. The second-order valence-corrected chi connectivity index (χ2v) is 3.99. The zero-order valence-corrected chi connectivity index (χ0v) is 8.74. The summed E-state index contributed by atoms with van der Waals surface area (Å²) in [5.41, 5.74) is -0.429. The Kier molecular flexibility index (Phi) is 2.11. The number of benzene rings is 1. The minimum Gasteiger partial charge on any atom is -0.479 e. The highest BCUT2D eigenvalue weighted by molar-refractivity contribution is 6.04. The number of hydrogen-bond acceptors (Lipinski definition) is 3. The van der Waals surface area contributed by atoms with Gasteiger partial charge in [-0.3, -0.25) is 9.59 Å². The summed E-state index contributed by atoms with van der Waals surface area (Å²) in [6.07, 6.45) is 0.124. The summed E-state index contributed by atoms with van der Waals surface area (Å²) in [5.74, 6) is 0.353. The Hall–Kier alpha value is -1.64. The van der Waals surface area contributed by atoms with Crippen LogP contribution in [0.3, 0.4) is 0 Å². The van der Waals surface area contributed by atoms with Gasteiger partial charge in [-0.2, -0.15) is 0 Å². The largest absolute Gasteiger partial charge is 0.479 e. The van der Waals surface area contributed by atoms with Gasteiger partial charge in [0.25, 0.3) is 0 Å². The molecule has 0 N–H and O–H groups in total. The van der Waals surface area contributed by atoms with Crippen LogP contribution in [0.1, 0.15) is 30.6 Å². The molecule has 0 aliphatic carbocycles. The van der Waals surface area contributed by atoms with E-state index in [9.17, 15) is 9.59 Å². The standard InChI is InChI=1S/C12H12O3/c1-8(13)12(2)7-10(14)9-5-3-4-6-11(9)15-12/h3-6H,7H2,1-2H3. The molecule has 1 atom stereocenters. The van der Waals surface area contributed by atoms with Gasteiger partial charge in [0.1, 0.15) is 5.75 Å². The number of rotatable bonds is 1. The van der Waals surface area contributed by atoms with Crippen LogP contribution in [0.15, 0.2) is 24.3 Å². The van der Waals surface area contributed by atoms with E-state index in [2.05, 4.69) is 0 Å². The molecule has 0 aromatic heterocycles. The van der Waals surface area contributed by atoms with Gasteiger partial charge in [0, 0.05) is 0 Å². The summed E-state index contributed by atoms with van der Waals surface area (Å²) in [7, 11) is 0. The quantitative estimate of drug-likeness (QED) is 0.702. The summed E-state index contributed by atoms with van der Waals surface area (Å²) in [4.78, 5) is 23.2. The Morgan fingerprint density at radius 2 is 2.07 bits per heavy atom. The van der Waals surface area contributed by atoms with Gasteiger partial charge < -0.3 is 4.74 Å². The topological polar surface area (TPSA) is 43.4 Å². The van der Waals surface area contributed by atoms with Crippen molar-refractivity contribution in [2.24, 2.45) is 0 Å². The van der Waals surface area contributed by atoms with Crippen LogP contribution in [0, 0.1) is 0 Å². The molecule has 0 saturated carbocycles. The van der Waals surface area contributed by atoms with Crippen molar-refractivity contribution in [1.29, 1.82) is 0 Å². The van der Waals surface area contributed by atoms with Gasteiger partial charge in [0.15, 0.2) is 17.2 Å². The Morgan fingerprint density at radius 3 is 2.73 bits per heavy atom. The summed E-state index contributed by atoms with van der Waals surface area (Å²) in [6, 6.07) is 7.01. The summed E-state index contributed by atoms with van der Waals surface area (Å²) in [5, 5.41) is 0. The summed E-state index contributed by atoms with van der Waals surface area (Å²) >= 11 is 0. The molecular formula is C12H12O3. The maximum atomic E-state index is 11.8. The second kappa shape index (κ2) is 3.19. The molecule has 0 fully saturated rings. The lowest BCUT2D eigenvalue weighted by molar-refractivity contribution is -0.131. The Balaban J connectivity index is 2.47. The zero-order chi connectivity index (χ0) is 11.1. The maximum absolute atomic E-state index is 11.8. The van der Waals surface area contributed by atoms with Crippen molar-refractivity contribution >= 4 is 11.6 Å².